The lowest BCUT2D eigenvalue weighted by atomic mass is 10.3. The van der Waals surface area contributed by atoms with Gasteiger partial charge in [0.05, 0.1) is 6.54 Å². The average molecular weight is 242 g/mol. The van der Waals surface area contributed by atoms with Crippen molar-refractivity contribution in [3.05, 3.63) is 46.8 Å². The molecule has 7 heteroatoms. The topological polar surface area (TPSA) is 78.5 Å². The molecule has 0 radical (unpaired) electrons. The highest BCUT2D eigenvalue weighted by molar-refractivity contribution is 5.67. The lowest BCUT2D eigenvalue weighted by Gasteiger charge is -2.04. The number of pyridine rings is 1. The summed E-state index contributed by atoms with van der Waals surface area (Å²) >= 11 is 0. The molecule has 0 saturated carbocycles. The molecular formula is C11H10N6O. The van der Waals surface area contributed by atoms with Gasteiger partial charge in [0, 0.05) is 19.4 Å². The number of hydrogen-bond donors (Lipinski definition) is 0. The van der Waals surface area contributed by atoms with Crippen LogP contribution in [0.4, 0.5) is 0 Å². The van der Waals surface area contributed by atoms with E-state index in [1.165, 1.54) is 15.6 Å². The van der Waals surface area contributed by atoms with Crippen molar-refractivity contribution in [1.82, 2.24) is 29.5 Å². The molecular weight excluding hydrogens is 232 g/mol. The molecule has 0 aliphatic carbocycles. The minimum absolute atomic E-state index is 0.197. The van der Waals surface area contributed by atoms with E-state index in [0.717, 1.165) is 5.56 Å². The van der Waals surface area contributed by atoms with Gasteiger partial charge in [-0.2, -0.15) is 0 Å². The molecule has 0 N–H and O–H groups in total. The summed E-state index contributed by atoms with van der Waals surface area (Å²) in [6.07, 6.45) is 4.91. The molecule has 0 aliphatic heterocycles. The quantitative estimate of drug-likeness (QED) is 0.630. The Morgan fingerprint density at radius 2 is 2.28 bits per heavy atom. The van der Waals surface area contributed by atoms with E-state index in [1.807, 2.05) is 12.1 Å². The molecule has 3 heterocycles. The van der Waals surface area contributed by atoms with Gasteiger partial charge in [0.25, 0.3) is 5.56 Å². The van der Waals surface area contributed by atoms with E-state index < -0.39 is 0 Å². The Labute approximate surface area is 102 Å². The summed E-state index contributed by atoms with van der Waals surface area (Å²) in [6, 6.07) is 3.73. The van der Waals surface area contributed by atoms with E-state index in [2.05, 4.69) is 20.3 Å². The average Bonchev–Trinajstić information content (AvgIpc) is 2.77. The van der Waals surface area contributed by atoms with E-state index >= 15 is 0 Å². The highest BCUT2D eigenvalue weighted by Gasteiger charge is 2.09. The molecule has 0 amide bonds. The van der Waals surface area contributed by atoms with Crippen LogP contribution in [0.25, 0.3) is 11.2 Å². The van der Waals surface area contributed by atoms with Crippen LogP contribution in [-0.2, 0) is 13.6 Å². The van der Waals surface area contributed by atoms with Crippen LogP contribution in [0.3, 0.4) is 0 Å². The highest BCUT2D eigenvalue weighted by atomic mass is 16.1. The van der Waals surface area contributed by atoms with E-state index in [4.69, 9.17) is 0 Å². The molecule has 0 fully saturated rings. The third-order valence-electron chi connectivity index (χ3n) is 2.66. The first kappa shape index (κ1) is 10.6. The first-order valence-electron chi connectivity index (χ1n) is 5.39. The Morgan fingerprint density at radius 1 is 1.39 bits per heavy atom. The maximum absolute atomic E-state index is 12.1. The zero-order valence-electron chi connectivity index (χ0n) is 9.69. The summed E-state index contributed by atoms with van der Waals surface area (Å²) in [5.74, 6) is 0. The molecule has 3 aromatic heterocycles. The van der Waals surface area contributed by atoms with Gasteiger partial charge in [-0.25, -0.2) is 9.67 Å². The fourth-order valence-electron chi connectivity index (χ4n) is 1.75. The zero-order valence-corrected chi connectivity index (χ0v) is 9.69. The summed E-state index contributed by atoms with van der Waals surface area (Å²) in [5.41, 5.74) is 1.51. The van der Waals surface area contributed by atoms with Crippen LogP contribution >= 0.6 is 0 Å². The highest BCUT2D eigenvalue weighted by Crippen LogP contribution is 2.02. The van der Waals surface area contributed by atoms with Crippen LogP contribution in [0.15, 0.2) is 35.6 Å². The molecule has 0 unspecified atom stereocenters. The van der Waals surface area contributed by atoms with Crippen LogP contribution in [0.5, 0.6) is 0 Å². The number of fused-ring (bicyclic) bond motifs is 1. The molecule has 18 heavy (non-hydrogen) atoms. The molecule has 0 saturated heterocycles. The van der Waals surface area contributed by atoms with Gasteiger partial charge in [0.2, 0.25) is 0 Å². The Hall–Kier alpha value is -2.57. The minimum atomic E-state index is -0.197. The van der Waals surface area contributed by atoms with Crippen LogP contribution < -0.4 is 5.56 Å². The van der Waals surface area contributed by atoms with Crippen molar-refractivity contribution < 1.29 is 0 Å². The first-order valence-corrected chi connectivity index (χ1v) is 5.39. The van der Waals surface area contributed by atoms with Gasteiger partial charge < -0.3 is 0 Å². The van der Waals surface area contributed by atoms with Crippen LogP contribution in [0.1, 0.15) is 5.56 Å². The number of nitrogens with zero attached hydrogens (tertiary/aromatic N) is 6. The van der Waals surface area contributed by atoms with E-state index in [0.29, 0.717) is 12.2 Å². The Kier molecular flexibility index (Phi) is 2.36. The van der Waals surface area contributed by atoms with Crippen molar-refractivity contribution in [3.63, 3.8) is 0 Å². The normalized spacial score (nSPS) is 10.9. The second kappa shape index (κ2) is 4.02. The summed E-state index contributed by atoms with van der Waals surface area (Å²) in [4.78, 5) is 20.3. The van der Waals surface area contributed by atoms with Gasteiger partial charge >= 0.3 is 0 Å². The van der Waals surface area contributed by atoms with Crippen LogP contribution in [-0.4, -0.2) is 29.5 Å². The van der Waals surface area contributed by atoms with Gasteiger partial charge in [0.15, 0.2) is 11.2 Å². The van der Waals surface area contributed by atoms with Crippen LogP contribution in [0, 0.1) is 0 Å². The second-order valence-electron chi connectivity index (χ2n) is 3.92. The fourth-order valence-corrected chi connectivity index (χ4v) is 1.75. The smallest absolute Gasteiger partial charge is 0.283 e. The van der Waals surface area contributed by atoms with Crippen molar-refractivity contribution in [3.8, 4) is 0 Å². The SMILES string of the molecule is Cn1nnc2c(=O)n(Cc3cccnc3)cnc21. The summed E-state index contributed by atoms with van der Waals surface area (Å²) in [5, 5.41) is 7.60. The van der Waals surface area contributed by atoms with Gasteiger partial charge in [-0.1, -0.05) is 11.3 Å². The Bertz CT molecular complexity index is 745. The number of hydrogen-bond acceptors (Lipinski definition) is 5. The third-order valence-corrected chi connectivity index (χ3v) is 2.66. The number of aryl methyl sites for hydroxylation is 1. The van der Waals surface area contributed by atoms with Crippen LogP contribution in [0.2, 0.25) is 0 Å². The third kappa shape index (κ3) is 1.65. The maximum Gasteiger partial charge on any atom is 0.283 e. The van der Waals surface area contributed by atoms with Gasteiger partial charge in [-0.3, -0.25) is 14.3 Å². The van der Waals surface area contributed by atoms with Gasteiger partial charge in [0.1, 0.15) is 6.33 Å². The van der Waals surface area contributed by atoms with Crippen molar-refractivity contribution in [2.75, 3.05) is 0 Å². The van der Waals surface area contributed by atoms with Gasteiger partial charge in [-0.05, 0) is 11.6 Å². The Balaban J connectivity index is 2.08. The van der Waals surface area contributed by atoms with E-state index in [-0.39, 0.29) is 11.1 Å². The molecule has 3 rings (SSSR count). The monoisotopic (exact) mass is 242 g/mol. The molecule has 90 valence electrons. The van der Waals surface area contributed by atoms with Crippen molar-refractivity contribution >= 4 is 11.2 Å². The predicted molar refractivity (Wildman–Crippen MR) is 63.9 cm³/mol. The van der Waals surface area contributed by atoms with E-state index in [9.17, 15) is 4.79 Å². The zero-order chi connectivity index (χ0) is 12.5. The van der Waals surface area contributed by atoms with Crippen molar-refractivity contribution in [1.29, 1.82) is 0 Å². The molecule has 0 aromatic carbocycles. The lowest BCUT2D eigenvalue weighted by Crippen LogP contribution is -2.21. The molecule has 3 aromatic rings. The number of aromatic nitrogens is 6. The maximum atomic E-state index is 12.1. The first-order chi connectivity index (χ1) is 8.75. The molecule has 7 nitrogen and oxygen atoms in total. The molecule has 0 aliphatic rings. The largest absolute Gasteiger partial charge is 0.293 e. The fraction of sp³-hybridized carbons (Fsp3) is 0.182. The second-order valence-corrected chi connectivity index (χ2v) is 3.92. The van der Waals surface area contributed by atoms with Crippen molar-refractivity contribution in [2.45, 2.75) is 6.54 Å². The molecule has 0 bridgehead atoms. The standard InChI is InChI=1S/C11H10N6O/c1-16-10-9(14-15-16)11(18)17(7-13-10)6-8-3-2-4-12-5-8/h2-5,7H,6H2,1H3. The van der Waals surface area contributed by atoms with E-state index in [1.54, 1.807) is 19.4 Å². The summed E-state index contributed by atoms with van der Waals surface area (Å²) in [7, 11) is 1.70. The lowest BCUT2D eigenvalue weighted by molar-refractivity contribution is 0.724. The summed E-state index contributed by atoms with van der Waals surface area (Å²) in [6.45, 7) is 0.423. The number of rotatable bonds is 2. The van der Waals surface area contributed by atoms with Crippen molar-refractivity contribution in [2.24, 2.45) is 7.05 Å². The Morgan fingerprint density at radius 3 is 3.06 bits per heavy atom. The minimum Gasteiger partial charge on any atom is -0.293 e. The van der Waals surface area contributed by atoms with Gasteiger partial charge in [-0.15, -0.1) is 5.10 Å². The molecule has 0 spiro atoms. The predicted octanol–water partition coefficient (Wildman–Crippen LogP) is -0.0317. The molecule has 0 atom stereocenters. The summed E-state index contributed by atoms with van der Waals surface area (Å²) < 4.78 is 2.97.